The highest BCUT2D eigenvalue weighted by Gasteiger charge is 2.24. The molecule has 0 aliphatic carbocycles. The molecule has 0 bridgehead atoms. The molecule has 6 nitrogen and oxygen atoms in total. The van der Waals surface area contributed by atoms with E-state index in [0.717, 1.165) is 0 Å². The second kappa shape index (κ2) is 5.97. The van der Waals surface area contributed by atoms with Gasteiger partial charge in [-0.1, -0.05) is 53.1 Å². The molecule has 116 valence electrons. The van der Waals surface area contributed by atoms with E-state index in [1.54, 1.807) is 41.5 Å². The number of nitrogens with zero attached hydrogens (tertiary/aromatic N) is 2. The number of carbonyl (C=O) groups is 2. The van der Waals surface area contributed by atoms with Gasteiger partial charge in [0.05, 0.1) is 0 Å². The molecule has 1 aromatic heterocycles. The monoisotopic (exact) mass is 312 g/mol. The minimum atomic E-state index is -0.583. The summed E-state index contributed by atoms with van der Waals surface area (Å²) in [6.45, 7) is 10.7. The first kappa shape index (κ1) is 17.4. The Morgan fingerprint density at radius 3 is 1.90 bits per heavy atom. The van der Waals surface area contributed by atoms with Crippen LogP contribution in [-0.2, 0) is 9.59 Å². The lowest BCUT2D eigenvalue weighted by atomic mass is 9.96. The number of rotatable bonds is 2. The van der Waals surface area contributed by atoms with E-state index in [1.165, 1.54) is 6.07 Å². The maximum Gasteiger partial charge on any atom is 0.232 e. The zero-order chi connectivity index (χ0) is 16.4. The zero-order valence-corrected chi connectivity index (χ0v) is 13.9. The molecule has 0 radical (unpaired) electrons. The summed E-state index contributed by atoms with van der Waals surface area (Å²) in [5.41, 5.74) is -1.15. The lowest BCUT2D eigenvalue weighted by molar-refractivity contribution is -0.123. The maximum absolute atomic E-state index is 11.9. The van der Waals surface area contributed by atoms with Gasteiger partial charge in [-0.2, -0.15) is 4.98 Å². The number of nitrogens with one attached hydrogen (secondary N) is 2. The van der Waals surface area contributed by atoms with E-state index in [1.807, 2.05) is 0 Å². The fourth-order valence-electron chi connectivity index (χ4n) is 1.13. The molecule has 0 saturated heterocycles. The highest BCUT2D eigenvalue weighted by atomic mass is 35.5. The molecule has 0 saturated carbocycles. The second-order valence-corrected chi connectivity index (χ2v) is 7.20. The van der Waals surface area contributed by atoms with Crippen molar-refractivity contribution in [2.45, 2.75) is 41.5 Å². The van der Waals surface area contributed by atoms with Crippen LogP contribution < -0.4 is 10.6 Å². The van der Waals surface area contributed by atoms with Gasteiger partial charge in [-0.3, -0.25) is 14.9 Å². The summed E-state index contributed by atoms with van der Waals surface area (Å²) < 4.78 is 0. The molecule has 0 aliphatic rings. The number of aromatic nitrogens is 2. The van der Waals surface area contributed by atoms with Crippen LogP contribution in [0.15, 0.2) is 6.07 Å². The number of halogens is 1. The number of carbonyl (C=O) groups excluding carboxylic acids is 2. The van der Waals surface area contributed by atoms with Gasteiger partial charge < -0.3 is 5.32 Å². The number of amides is 2. The Hall–Kier alpha value is -1.69. The van der Waals surface area contributed by atoms with E-state index in [9.17, 15) is 9.59 Å². The fraction of sp³-hybridized carbons (Fsp3) is 0.571. The third-order valence-corrected chi connectivity index (χ3v) is 2.72. The van der Waals surface area contributed by atoms with Crippen LogP contribution >= 0.6 is 11.6 Å². The van der Waals surface area contributed by atoms with Gasteiger partial charge in [-0.25, -0.2) is 4.98 Å². The van der Waals surface area contributed by atoms with Crippen LogP contribution in [-0.4, -0.2) is 21.8 Å². The smallest absolute Gasteiger partial charge is 0.232 e. The first-order valence-electron chi connectivity index (χ1n) is 6.57. The Kier molecular flexibility index (Phi) is 4.94. The molecule has 7 heteroatoms. The molecular formula is C14H21ClN4O2. The predicted molar refractivity (Wildman–Crippen MR) is 83.2 cm³/mol. The molecule has 2 amide bonds. The number of hydrogen-bond acceptors (Lipinski definition) is 4. The standard InChI is InChI=1S/C14H21ClN4O2/c1-13(2,3)10(20)17-9-7-8(15)16-12(18-9)19-11(21)14(4,5)6/h7H,1-6H3,(H2,16,17,18,19,20,21). The van der Waals surface area contributed by atoms with E-state index >= 15 is 0 Å². The van der Waals surface area contributed by atoms with Crippen molar-refractivity contribution in [3.63, 3.8) is 0 Å². The van der Waals surface area contributed by atoms with E-state index < -0.39 is 10.8 Å². The molecular weight excluding hydrogens is 292 g/mol. The largest absolute Gasteiger partial charge is 0.310 e. The molecule has 21 heavy (non-hydrogen) atoms. The van der Waals surface area contributed by atoms with Crippen molar-refractivity contribution < 1.29 is 9.59 Å². The molecule has 0 aliphatic heterocycles. The lowest BCUT2D eigenvalue weighted by Gasteiger charge is -2.19. The minimum absolute atomic E-state index is 0.0617. The van der Waals surface area contributed by atoms with Gasteiger partial charge in [0.1, 0.15) is 11.0 Å². The van der Waals surface area contributed by atoms with Gasteiger partial charge in [0.2, 0.25) is 17.8 Å². The number of hydrogen-bond donors (Lipinski definition) is 2. The summed E-state index contributed by atoms with van der Waals surface area (Å²) in [4.78, 5) is 31.9. The average molecular weight is 313 g/mol. The lowest BCUT2D eigenvalue weighted by Crippen LogP contribution is -2.30. The van der Waals surface area contributed by atoms with Crippen LogP contribution in [0.2, 0.25) is 5.15 Å². The molecule has 1 heterocycles. The van der Waals surface area contributed by atoms with Crippen molar-refractivity contribution in [1.82, 2.24) is 9.97 Å². The summed E-state index contributed by atoms with van der Waals surface area (Å²) >= 11 is 5.89. The van der Waals surface area contributed by atoms with E-state index in [2.05, 4.69) is 20.6 Å². The zero-order valence-electron chi connectivity index (χ0n) is 13.2. The SMILES string of the molecule is CC(C)(C)C(=O)Nc1cc(Cl)nc(NC(=O)C(C)(C)C)n1. The van der Waals surface area contributed by atoms with Crippen LogP contribution in [0, 0.1) is 10.8 Å². The predicted octanol–water partition coefficient (Wildman–Crippen LogP) is 3.10. The Labute approximate surface area is 129 Å². The van der Waals surface area contributed by atoms with Crippen molar-refractivity contribution in [2.75, 3.05) is 10.6 Å². The van der Waals surface area contributed by atoms with Gasteiger partial charge in [-0.05, 0) is 0 Å². The average Bonchev–Trinajstić information content (AvgIpc) is 2.25. The van der Waals surface area contributed by atoms with Gasteiger partial charge in [0, 0.05) is 16.9 Å². The fourth-order valence-corrected chi connectivity index (χ4v) is 1.31. The second-order valence-electron chi connectivity index (χ2n) is 6.81. The summed E-state index contributed by atoms with van der Waals surface area (Å²) in [7, 11) is 0. The quantitative estimate of drug-likeness (QED) is 0.822. The summed E-state index contributed by atoms with van der Waals surface area (Å²) in [6.07, 6.45) is 0. The van der Waals surface area contributed by atoms with Crippen molar-refractivity contribution >= 4 is 35.2 Å². The molecule has 1 aromatic rings. The molecule has 1 rings (SSSR count). The Balaban J connectivity index is 2.96. The van der Waals surface area contributed by atoms with Crippen molar-refractivity contribution in [3.05, 3.63) is 11.2 Å². The third kappa shape index (κ3) is 5.30. The molecule has 0 unspecified atom stereocenters. The van der Waals surface area contributed by atoms with Crippen molar-refractivity contribution in [1.29, 1.82) is 0 Å². The summed E-state index contributed by atoms with van der Waals surface area (Å²) in [5.74, 6) is -0.131. The van der Waals surface area contributed by atoms with E-state index in [-0.39, 0.29) is 28.7 Å². The van der Waals surface area contributed by atoms with Crippen LogP contribution in [0.25, 0.3) is 0 Å². The third-order valence-electron chi connectivity index (χ3n) is 2.52. The Morgan fingerprint density at radius 1 is 0.952 bits per heavy atom. The summed E-state index contributed by atoms with van der Waals surface area (Å²) in [6, 6.07) is 1.43. The van der Waals surface area contributed by atoms with E-state index in [0.29, 0.717) is 0 Å². The topological polar surface area (TPSA) is 84.0 Å². The van der Waals surface area contributed by atoms with Crippen LogP contribution in [0.3, 0.4) is 0 Å². The van der Waals surface area contributed by atoms with Crippen LogP contribution in [0.5, 0.6) is 0 Å². The van der Waals surface area contributed by atoms with Gasteiger partial charge in [-0.15, -0.1) is 0 Å². The molecule has 0 spiro atoms. The van der Waals surface area contributed by atoms with Crippen LogP contribution in [0.1, 0.15) is 41.5 Å². The van der Waals surface area contributed by atoms with Gasteiger partial charge in [0.15, 0.2) is 0 Å². The van der Waals surface area contributed by atoms with Gasteiger partial charge in [0.25, 0.3) is 0 Å². The first-order chi connectivity index (χ1) is 9.39. The first-order valence-corrected chi connectivity index (χ1v) is 6.95. The normalized spacial score (nSPS) is 12.0. The highest BCUT2D eigenvalue weighted by molar-refractivity contribution is 6.29. The molecule has 0 aromatic carbocycles. The maximum atomic E-state index is 11.9. The van der Waals surface area contributed by atoms with E-state index in [4.69, 9.17) is 11.6 Å². The van der Waals surface area contributed by atoms with Crippen molar-refractivity contribution in [3.8, 4) is 0 Å². The van der Waals surface area contributed by atoms with Gasteiger partial charge >= 0.3 is 0 Å². The van der Waals surface area contributed by atoms with Crippen LogP contribution in [0.4, 0.5) is 11.8 Å². The minimum Gasteiger partial charge on any atom is -0.310 e. The molecule has 0 fully saturated rings. The Bertz CT molecular complexity index is 513. The molecule has 2 N–H and O–H groups in total. The number of anilines is 2. The highest BCUT2D eigenvalue weighted by Crippen LogP contribution is 2.21. The van der Waals surface area contributed by atoms with Crippen molar-refractivity contribution in [2.24, 2.45) is 10.8 Å². The Morgan fingerprint density at radius 2 is 1.43 bits per heavy atom. The molecule has 0 atom stereocenters. The summed E-state index contributed by atoms with van der Waals surface area (Å²) in [5, 5.41) is 5.36.